The van der Waals surface area contributed by atoms with Crippen molar-refractivity contribution in [2.75, 3.05) is 0 Å². The third-order valence-corrected chi connectivity index (χ3v) is 4.31. The van der Waals surface area contributed by atoms with Gasteiger partial charge in [0, 0.05) is 18.5 Å². The molecule has 3 aromatic rings. The normalized spacial score (nSPS) is 16.0. The van der Waals surface area contributed by atoms with E-state index in [4.69, 9.17) is 4.52 Å². The second-order valence-corrected chi connectivity index (χ2v) is 5.66. The van der Waals surface area contributed by atoms with Gasteiger partial charge in [0.25, 0.3) is 5.89 Å². The van der Waals surface area contributed by atoms with Gasteiger partial charge in [0.1, 0.15) is 0 Å². The molecule has 1 saturated carbocycles. The summed E-state index contributed by atoms with van der Waals surface area (Å²) in [7, 11) is 1.74. The molecule has 0 saturated heterocycles. The lowest BCUT2D eigenvalue weighted by molar-refractivity contribution is 0.416. The van der Waals surface area contributed by atoms with E-state index in [1.54, 1.807) is 11.6 Å². The van der Waals surface area contributed by atoms with Crippen LogP contribution in [0.4, 0.5) is 0 Å². The van der Waals surface area contributed by atoms with Crippen molar-refractivity contribution in [3.8, 4) is 11.5 Å². The molecule has 1 N–H and O–H groups in total. The lowest BCUT2D eigenvalue weighted by Crippen LogP contribution is -2.11. The second-order valence-electron chi connectivity index (χ2n) is 5.66. The first-order valence-electron chi connectivity index (χ1n) is 7.25. The number of aryl methyl sites for hydroxylation is 1. The molecule has 0 bridgehead atoms. The summed E-state index contributed by atoms with van der Waals surface area (Å²) in [5, 5.41) is 4.12. The molecule has 0 unspecified atom stereocenters. The fourth-order valence-corrected chi connectivity index (χ4v) is 3.06. The molecule has 2 heterocycles. The van der Waals surface area contributed by atoms with Crippen molar-refractivity contribution in [1.82, 2.24) is 19.7 Å². The van der Waals surface area contributed by atoms with Gasteiger partial charge in [-0.1, -0.05) is 18.0 Å². The molecule has 1 aromatic carbocycles. The minimum atomic E-state index is -0.126. The van der Waals surface area contributed by atoms with Crippen LogP contribution in [0, 0.1) is 0 Å². The van der Waals surface area contributed by atoms with Gasteiger partial charge in [-0.15, -0.1) is 0 Å². The Balaban J connectivity index is 1.75. The summed E-state index contributed by atoms with van der Waals surface area (Å²) in [6, 6.07) is 5.66. The number of hydrogen-bond donors (Lipinski definition) is 1. The molecule has 1 fully saturated rings. The van der Waals surface area contributed by atoms with E-state index in [0.717, 1.165) is 35.3 Å². The maximum absolute atomic E-state index is 11.6. The largest absolute Gasteiger partial charge is 0.334 e. The van der Waals surface area contributed by atoms with Crippen LogP contribution in [0.5, 0.6) is 0 Å². The van der Waals surface area contributed by atoms with Gasteiger partial charge in [0.2, 0.25) is 0 Å². The summed E-state index contributed by atoms with van der Waals surface area (Å²) in [4.78, 5) is 18.9. The highest BCUT2D eigenvalue weighted by Crippen LogP contribution is 2.33. The van der Waals surface area contributed by atoms with Crippen LogP contribution in [-0.2, 0) is 7.05 Å². The predicted molar refractivity (Wildman–Crippen MR) is 78.0 cm³/mol. The lowest BCUT2D eigenvalue weighted by atomic mass is 10.1. The van der Waals surface area contributed by atoms with Gasteiger partial charge < -0.3 is 9.51 Å². The Hall–Kier alpha value is -2.37. The summed E-state index contributed by atoms with van der Waals surface area (Å²) in [5.74, 6) is 1.76. The number of imidazole rings is 1. The standard InChI is InChI=1S/C15H16N4O2/c1-19-12-8-10(6-7-11(12)16-15(19)20)14-17-13(18-21-14)9-4-2-3-5-9/h6-9H,2-5H2,1H3,(H,16,20). The molecular weight excluding hydrogens is 268 g/mol. The van der Waals surface area contributed by atoms with Crippen LogP contribution in [0.3, 0.4) is 0 Å². The van der Waals surface area contributed by atoms with Gasteiger partial charge in [-0.05, 0) is 31.0 Å². The first-order valence-corrected chi connectivity index (χ1v) is 7.25. The first-order chi connectivity index (χ1) is 10.2. The van der Waals surface area contributed by atoms with E-state index in [1.807, 2.05) is 18.2 Å². The number of nitrogens with one attached hydrogen (secondary N) is 1. The Morgan fingerprint density at radius 2 is 2.14 bits per heavy atom. The Morgan fingerprint density at radius 1 is 1.33 bits per heavy atom. The van der Waals surface area contributed by atoms with E-state index >= 15 is 0 Å². The number of nitrogens with zero attached hydrogens (tertiary/aromatic N) is 3. The smallest absolute Gasteiger partial charge is 0.326 e. The van der Waals surface area contributed by atoms with Gasteiger partial charge >= 0.3 is 5.69 Å². The summed E-state index contributed by atoms with van der Waals surface area (Å²) < 4.78 is 6.98. The van der Waals surface area contributed by atoms with Crippen LogP contribution in [0.1, 0.15) is 37.4 Å². The molecule has 6 heteroatoms. The first kappa shape index (κ1) is 12.4. The maximum atomic E-state index is 11.6. The zero-order valence-electron chi connectivity index (χ0n) is 11.8. The van der Waals surface area contributed by atoms with Crippen LogP contribution in [-0.4, -0.2) is 19.7 Å². The highest BCUT2D eigenvalue weighted by atomic mass is 16.5. The van der Waals surface area contributed by atoms with Crippen molar-refractivity contribution < 1.29 is 4.52 Å². The number of aromatic amines is 1. The fraction of sp³-hybridized carbons (Fsp3) is 0.400. The number of benzene rings is 1. The Kier molecular flexibility index (Phi) is 2.70. The molecule has 1 aliphatic carbocycles. The van der Waals surface area contributed by atoms with Crippen LogP contribution in [0.2, 0.25) is 0 Å². The molecule has 0 aliphatic heterocycles. The van der Waals surface area contributed by atoms with E-state index in [2.05, 4.69) is 15.1 Å². The Bertz CT molecular complexity index is 852. The van der Waals surface area contributed by atoms with Gasteiger partial charge in [-0.25, -0.2) is 4.79 Å². The van der Waals surface area contributed by atoms with Gasteiger partial charge in [0.15, 0.2) is 5.82 Å². The highest BCUT2D eigenvalue weighted by molar-refractivity contribution is 5.80. The monoisotopic (exact) mass is 284 g/mol. The molecular formula is C15H16N4O2. The van der Waals surface area contributed by atoms with E-state index < -0.39 is 0 Å². The van der Waals surface area contributed by atoms with Crippen molar-refractivity contribution in [1.29, 1.82) is 0 Å². The summed E-state index contributed by atoms with van der Waals surface area (Å²) in [6.07, 6.45) is 4.77. The van der Waals surface area contributed by atoms with Crippen molar-refractivity contribution in [3.05, 3.63) is 34.5 Å². The SMILES string of the molecule is Cn1c(=O)[nH]c2ccc(-c3nc(C4CCCC4)no3)cc21. The molecule has 0 spiro atoms. The van der Waals surface area contributed by atoms with Gasteiger partial charge in [-0.3, -0.25) is 4.57 Å². The molecule has 21 heavy (non-hydrogen) atoms. The summed E-state index contributed by atoms with van der Waals surface area (Å²) in [6.45, 7) is 0. The average Bonchev–Trinajstić information content (AvgIpc) is 3.20. The number of aromatic nitrogens is 4. The van der Waals surface area contributed by atoms with Crippen LogP contribution >= 0.6 is 0 Å². The summed E-state index contributed by atoms with van der Waals surface area (Å²) >= 11 is 0. The Morgan fingerprint density at radius 3 is 2.95 bits per heavy atom. The molecule has 0 amide bonds. The van der Waals surface area contributed by atoms with Crippen molar-refractivity contribution in [2.45, 2.75) is 31.6 Å². The maximum Gasteiger partial charge on any atom is 0.326 e. The average molecular weight is 284 g/mol. The third kappa shape index (κ3) is 1.98. The van der Waals surface area contributed by atoms with E-state index in [0.29, 0.717) is 11.8 Å². The molecule has 0 atom stereocenters. The molecule has 6 nitrogen and oxygen atoms in total. The zero-order chi connectivity index (χ0) is 14.4. The highest BCUT2D eigenvalue weighted by Gasteiger charge is 2.22. The Labute approximate surface area is 120 Å². The van der Waals surface area contributed by atoms with Crippen molar-refractivity contribution in [2.24, 2.45) is 7.05 Å². The third-order valence-electron chi connectivity index (χ3n) is 4.31. The van der Waals surface area contributed by atoms with Gasteiger partial charge in [-0.2, -0.15) is 4.98 Å². The minimum Gasteiger partial charge on any atom is -0.334 e. The van der Waals surface area contributed by atoms with E-state index in [9.17, 15) is 4.79 Å². The molecule has 108 valence electrons. The number of rotatable bonds is 2. The van der Waals surface area contributed by atoms with Gasteiger partial charge in [0.05, 0.1) is 11.0 Å². The van der Waals surface area contributed by atoms with Crippen LogP contribution in [0.15, 0.2) is 27.5 Å². The molecule has 4 rings (SSSR count). The number of hydrogen-bond acceptors (Lipinski definition) is 4. The van der Waals surface area contributed by atoms with Crippen molar-refractivity contribution >= 4 is 11.0 Å². The second kappa shape index (κ2) is 4.58. The van der Waals surface area contributed by atoms with Crippen LogP contribution < -0.4 is 5.69 Å². The molecule has 0 radical (unpaired) electrons. The van der Waals surface area contributed by atoms with Crippen LogP contribution in [0.25, 0.3) is 22.5 Å². The summed E-state index contributed by atoms with van der Waals surface area (Å²) in [5.41, 5.74) is 2.35. The fourth-order valence-electron chi connectivity index (χ4n) is 3.06. The van der Waals surface area contributed by atoms with E-state index in [1.165, 1.54) is 12.8 Å². The minimum absolute atomic E-state index is 0.126. The topological polar surface area (TPSA) is 76.7 Å². The molecule has 1 aliphatic rings. The number of H-pyrrole nitrogens is 1. The van der Waals surface area contributed by atoms with Crippen molar-refractivity contribution in [3.63, 3.8) is 0 Å². The zero-order valence-corrected chi connectivity index (χ0v) is 11.8. The number of fused-ring (bicyclic) bond motifs is 1. The quantitative estimate of drug-likeness (QED) is 0.784. The lowest BCUT2D eigenvalue weighted by Gasteiger charge is -2.00. The van der Waals surface area contributed by atoms with E-state index in [-0.39, 0.29) is 5.69 Å². The predicted octanol–water partition coefficient (Wildman–Crippen LogP) is 2.57. The molecule has 2 aromatic heterocycles.